The lowest BCUT2D eigenvalue weighted by Gasteiger charge is -2.36. The molecular formula is C16H27BrO3Si. The van der Waals surface area contributed by atoms with Crippen molar-refractivity contribution in [3.05, 3.63) is 22.2 Å². The minimum absolute atomic E-state index is 0.238. The third-order valence-electron chi connectivity index (χ3n) is 4.19. The molecule has 0 heterocycles. The molecule has 0 aromatic heterocycles. The van der Waals surface area contributed by atoms with Crippen LogP contribution in [0.1, 0.15) is 26.3 Å². The first-order chi connectivity index (χ1) is 9.62. The summed E-state index contributed by atoms with van der Waals surface area (Å²) in [7, 11) is 1.61. The maximum absolute atomic E-state index is 6.23. The minimum Gasteiger partial charge on any atom is -0.493 e. The van der Waals surface area contributed by atoms with Gasteiger partial charge in [0.1, 0.15) is 0 Å². The van der Waals surface area contributed by atoms with Gasteiger partial charge in [-0.05, 0) is 42.2 Å². The quantitative estimate of drug-likeness (QED) is 0.653. The Morgan fingerprint density at radius 1 is 1.05 bits per heavy atom. The van der Waals surface area contributed by atoms with Crippen molar-refractivity contribution in [1.29, 1.82) is 0 Å². The Labute approximate surface area is 138 Å². The summed E-state index contributed by atoms with van der Waals surface area (Å²) >= 11 is 3.59. The maximum Gasteiger partial charge on any atom is 0.191 e. The zero-order valence-electron chi connectivity index (χ0n) is 14.2. The summed E-state index contributed by atoms with van der Waals surface area (Å²) in [5, 5.41) is 0.238. The molecule has 0 saturated heterocycles. The Balaban J connectivity index is 2.77. The molecule has 0 unspecified atom stereocenters. The number of hydrogen-bond acceptors (Lipinski definition) is 3. The fourth-order valence-corrected chi connectivity index (χ4v) is 3.29. The summed E-state index contributed by atoms with van der Waals surface area (Å²) in [5.74, 6) is 1.49. The van der Waals surface area contributed by atoms with Crippen LogP contribution in [-0.4, -0.2) is 29.1 Å². The van der Waals surface area contributed by atoms with Crippen LogP contribution in [-0.2, 0) is 10.8 Å². The van der Waals surface area contributed by atoms with E-state index in [-0.39, 0.29) is 5.04 Å². The van der Waals surface area contributed by atoms with Crippen molar-refractivity contribution in [2.24, 2.45) is 0 Å². The van der Waals surface area contributed by atoms with Gasteiger partial charge in [0.15, 0.2) is 19.8 Å². The van der Waals surface area contributed by atoms with E-state index in [1.807, 2.05) is 12.1 Å². The predicted octanol–water partition coefficient (Wildman–Crippen LogP) is 5.03. The molecule has 5 heteroatoms. The molecule has 1 aromatic rings. The Hall–Kier alpha value is -0.523. The zero-order valence-corrected chi connectivity index (χ0v) is 16.8. The van der Waals surface area contributed by atoms with Crippen LogP contribution in [0, 0.1) is 0 Å². The summed E-state index contributed by atoms with van der Waals surface area (Å²) in [4.78, 5) is 0. The van der Waals surface area contributed by atoms with Crippen LogP contribution in [0.2, 0.25) is 18.1 Å². The smallest absolute Gasteiger partial charge is 0.191 e. The molecule has 0 aliphatic rings. The standard InChI is InChI=1S/C16H27BrO3Si/c1-16(2,3)21(6,7)20-9-8-12-10-14(18-4)15(19-5)11-13(12)17/h10-11H,8-9H2,1-7H3. The lowest BCUT2D eigenvalue weighted by Crippen LogP contribution is -2.41. The van der Waals surface area contributed by atoms with Gasteiger partial charge in [0.2, 0.25) is 0 Å². The van der Waals surface area contributed by atoms with E-state index in [4.69, 9.17) is 13.9 Å². The second-order valence-electron chi connectivity index (χ2n) is 6.66. The summed E-state index contributed by atoms with van der Waals surface area (Å²) in [6.45, 7) is 12.0. The molecule has 0 fully saturated rings. The molecule has 0 amide bonds. The molecule has 0 saturated carbocycles. The number of hydrogen-bond donors (Lipinski definition) is 0. The predicted molar refractivity (Wildman–Crippen MR) is 94.1 cm³/mol. The highest BCUT2D eigenvalue weighted by molar-refractivity contribution is 9.10. The maximum atomic E-state index is 6.23. The van der Waals surface area contributed by atoms with Crippen LogP contribution in [0.15, 0.2) is 16.6 Å². The van der Waals surface area contributed by atoms with Crippen LogP contribution >= 0.6 is 15.9 Å². The summed E-state index contributed by atoms with van der Waals surface area (Å²) < 4.78 is 17.9. The van der Waals surface area contributed by atoms with Crippen LogP contribution < -0.4 is 9.47 Å². The van der Waals surface area contributed by atoms with Crippen LogP contribution in [0.4, 0.5) is 0 Å². The molecule has 0 N–H and O–H groups in total. The van der Waals surface area contributed by atoms with Crippen molar-refractivity contribution in [2.45, 2.75) is 45.3 Å². The van der Waals surface area contributed by atoms with Gasteiger partial charge in [-0.3, -0.25) is 0 Å². The highest BCUT2D eigenvalue weighted by Gasteiger charge is 2.36. The third-order valence-corrected chi connectivity index (χ3v) is 9.47. The molecule has 120 valence electrons. The Bertz CT molecular complexity index is 481. The summed E-state index contributed by atoms with van der Waals surface area (Å²) in [5.41, 5.74) is 1.17. The van der Waals surface area contributed by atoms with Gasteiger partial charge in [-0.2, -0.15) is 0 Å². The van der Waals surface area contributed by atoms with E-state index >= 15 is 0 Å². The Morgan fingerprint density at radius 2 is 1.57 bits per heavy atom. The summed E-state index contributed by atoms with van der Waals surface area (Å²) in [6, 6.07) is 3.96. The van der Waals surface area contributed by atoms with Crippen molar-refractivity contribution >= 4 is 24.2 Å². The van der Waals surface area contributed by atoms with Gasteiger partial charge < -0.3 is 13.9 Å². The lowest BCUT2D eigenvalue weighted by molar-refractivity contribution is 0.291. The fourth-order valence-electron chi connectivity index (χ4n) is 1.72. The summed E-state index contributed by atoms with van der Waals surface area (Å²) in [6.07, 6.45) is 0.855. The monoisotopic (exact) mass is 374 g/mol. The fraction of sp³-hybridized carbons (Fsp3) is 0.625. The molecule has 0 aliphatic heterocycles. The van der Waals surface area contributed by atoms with Crippen molar-refractivity contribution < 1.29 is 13.9 Å². The van der Waals surface area contributed by atoms with Gasteiger partial charge in [0, 0.05) is 11.1 Å². The number of rotatable bonds is 6. The minimum atomic E-state index is -1.69. The number of benzene rings is 1. The Kier molecular flexibility index (Phi) is 6.32. The van der Waals surface area contributed by atoms with E-state index in [0.29, 0.717) is 0 Å². The zero-order chi connectivity index (χ0) is 16.3. The van der Waals surface area contributed by atoms with E-state index in [2.05, 4.69) is 49.8 Å². The highest BCUT2D eigenvalue weighted by atomic mass is 79.9. The van der Waals surface area contributed by atoms with Crippen molar-refractivity contribution in [3.8, 4) is 11.5 Å². The first-order valence-electron chi connectivity index (χ1n) is 7.16. The highest BCUT2D eigenvalue weighted by Crippen LogP contribution is 2.37. The lowest BCUT2D eigenvalue weighted by atomic mass is 10.1. The Morgan fingerprint density at radius 3 is 2.05 bits per heavy atom. The van der Waals surface area contributed by atoms with E-state index in [1.165, 1.54) is 5.56 Å². The molecule has 1 aromatic carbocycles. The van der Waals surface area contributed by atoms with Crippen molar-refractivity contribution in [3.63, 3.8) is 0 Å². The second kappa shape index (κ2) is 7.16. The third kappa shape index (κ3) is 4.73. The van der Waals surface area contributed by atoms with Crippen molar-refractivity contribution in [2.75, 3.05) is 20.8 Å². The van der Waals surface area contributed by atoms with Gasteiger partial charge in [0.25, 0.3) is 0 Å². The number of methoxy groups -OCH3 is 2. The van der Waals surface area contributed by atoms with Crippen LogP contribution in [0.5, 0.6) is 11.5 Å². The van der Waals surface area contributed by atoms with Gasteiger partial charge in [0.05, 0.1) is 14.2 Å². The van der Waals surface area contributed by atoms with Crippen LogP contribution in [0.3, 0.4) is 0 Å². The molecule has 0 radical (unpaired) electrons. The molecule has 0 atom stereocenters. The SMILES string of the molecule is COc1cc(Br)c(CCO[Si](C)(C)C(C)(C)C)cc1OC. The van der Waals surface area contributed by atoms with E-state index in [9.17, 15) is 0 Å². The van der Waals surface area contributed by atoms with Gasteiger partial charge >= 0.3 is 0 Å². The van der Waals surface area contributed by atoms with Gasteiger partial charge in [-0.15, -0.1) is 0 Å². The molecule has 0 spiro atoms. The molecule has 1 rings (SSSR count). The first-order valence-corrected chi connectivity index (χ1v) is 10.9. The largest absolute Gasteiger partial charge is 0.493 e. The van der Waals surface area contributed by atoms with E-state index < -0.39 is 8.32 Å². The average molecular weight is 375 g/mol. The molecule has 3 nitrogen and oxygen atoms in total. The topological polar surface area (TPSA) is 27.7 Å². The first kappa shape index (κ1) is 18.5. The van der Waals surface area contributed by atoms with Crippen molar-refractivity contribution in [1.82, 2.24) is 0 Å². The van der Waals surface area contributed by atoms with Gasteiger partial charge in [-0.25, -0.2) is 0 Å². The van der Waals surface area contributed by atoms with Crippen LogP contribution in [0.25, 0.3) is 0 Å². The van der Waals surface area contributed by atoms with E-state index in [0.717, 1.165) is 29.0 Å². The van der Waals surface area contributed by atoms with E-state index in [1.54, 1.807) is 14.2 Å². The molecule has 0 aliphatic carbocycles. The molecule has 0 bridgehead atoms. The second-order valence-corrected chi connectivity index (χ2v) is 12.3. The number of halogens is 1. The molecular weight excluding hydrogens is 348 g/mol. The average Bonchev–Trinajstić information content (AvgIpc) is 2.38. The van der Waals surface area contributed by atoms with Gasteiger partial charge in [-0.1, -0.05) is 36.7 Å². The number of ether oxygens (including phenoxy) is 2. The normalized spacial score (nSPS) is 12.4. The molecule has 21 heavy (non-hydrogen) atoms.